The van der Waals surface area contributed by atoms with Crippen molar-refractivity contribution < 1.29 is 4.79 Å². The van der Waals surface area contributed by atoms with Crippen LogP contribution < -0.4 is 5.73 Å². The summed E-state index contributed by atoms with van der Waals surface area (Å²) in [5, 5.41) is 0. The van der Waals surface area contributed by atoms with Crippen molar-refractivity contribution in [1.29, 1.82) is 0 Å². The van der Waals surface area contributed by atoms with Crippen molar-refractivity contribution in [3.8, 4) is 0 Å². The molecule has 0 aromatic heterocycles. The molecule has 0 spiro atoms. The first kappa shape index (κ1) is 13.4. The summed E-state index contributed by atoms with van der Waals surface area (Å²) in [6.07, 6.45) is 2.93. The summed E-state index contributed by atoms with van der Waals surface area (Å²) in [5.41, 5.74) is 5.83. The van der Waals surface area contributed by atoms with Gasteiger partial charge in [-0.2, -0.15) is 0 Å². The molecular formula is C11H24N2O. The molecule has 3 heteroatoms. The number of likely N-dealkylation sites (N-methyl/N-ethyl adjacent to an activating group) is 1. The number of amides is 1. The summed E-state index contributed by atoms with van der Waals surface area (Å²) in [6.45, 7) is 8.89. The highest BCUT2D eigenvalue weighted by Crippen LogP contribution is 2.05. The zero-order valence-corrected chi connectivity index (χ0v) is 9.92. The lowest BCUT2D eigenvalue weighted by Crippen LogP contribution is -2.46. The SMILES string of the molecule is CCCCC(N)C(=O)N(CC)C(C)C. The van der Waals surface area contributed by atoms with Crippen LogP contribution in [0.1, 0.15) is 47.0 Å². The van der Waals surface area contributed by atoms with Crippen LogP contribution in [0.5, 0.6) is 0 Å². The van der Waals surface area contributed by atoms with E-state index in [0.29, 0.717) is 0 Å². The van der Waals surface area contributed by atoms with Gasteiger partial charge in [0, 0.05) is 12.6 Å². The predicted octanol–water partition coefficient (Wildman–Crippen LogP) is 1.76. The fourth-order valence-corrected chi connectivity index (χ4v) is 1.54. The molecule has 0 aromatic rings. The maximum atomic E-state index is 11.8. The van der Waals surface area contributed by atoms with Crippen molar-refractivity contribution in [2.45, 2.75) is 59.0 Å². The molecule has 1 unspecified atom stereocenters. The molecule has 84 valence electrons. The van der Waals surface area contributed by atoms with E-state index in [9.17, 15) is 4.79 Å². The Morgan fingerprint density at radius 3 is 2.29 bits per heavy atom. The summed E-state index contributed by atoms with van der Waals surface area (Å²) >= 11 is 0. The molecule has 0 saturated heterocycles. The topological polar surface area (TPSA) is 46.3 Å². The number of nitrogens with two attached hydrogens (primary N) is 1. The Balaban J connectivity index is 4.13. The fraction of sp³-hybridized carbons (Fsp3) is 0.909. The van der Waals surface area contributed by atoms with E-state index in [2.05, 4.69) is 6.92 Å². The molecule has 1 amide bonds. The highest BCUT2D eigenvalue weighted by atomic mass is 16.2. The minimum Gasteiger partial charge on any atom is -0.339 e. The Hall–Kier alpha value is -0.570. The molecule has 0 fully saturated rings. The monoisotopic (exact) mass is 200 g/mol. The zero-order valence-electron chi connectivity index (χ0n) is 9.92. The van der Waals surface area contributed by atoms with Gasteiger partial charge >= 0.3 is 0 Å². The molecule has 2 N–H and O–H groups in total. The molecule has 1 atom stereocenters. The first-order valence-corrected chi connectivity index (χ1v) is 5.60. The Morgan fingerprint density at radius 2 is 1.93 bits per heavy atom. The maximum Gasteiger partial charge on any atom is 0.239 e. The smallest absolute Gasteiger partial charge is 0.239 e. The van der Waals surface area contributed by atoms with Crippen molar-refractivity contribution in [3.05, 3.63) is 0 Å². The van der Waals surface area contributed by atoms with Crippen LogP contribution in [-0.4, -0.2) is 29.4 Å². The molecule has 0 rings (SSSR count). The van der Waals surface area contributed by atoms with Crippen molar-refractivity contribution in [3.63, 3.8) is 0 Å². The van der Waals surface area contributed by atoms with Crippen LogP contribution >= 0.6 is 0 Å². The Bertz CT molecular complexity index is 169. The average molecular weight is 200 g/mol. The van der Waals surface area contributed by atoms with Gasteiger partial charge in [0.25, 0.3) is 0 Å². The molecule has 14 heavy (non-hydrogen) atoms. The molecule has 3 nitrogen and oxygen atoms in total. The number of hydrogen-bond acceptors (Lipinski definition) is 2. The highest BCUT2D eigenvalue weighted by Gasteiger charge is 2.20. The van der Waals surface area contributed by atoms with Crippen LogP contribution in [-0.2, 0) is 4.79 Å². The Kier molecular flexibility index (Phi) is 6.54. The lowest BCUT2D eigenvalue weighted by Gasteiger charge is -2.28. The predicted molar refractivity (Wildman–Crippen MR) is 60.0 cm³/mol. The van der Waals surface area contributed by atoms with Crippen molar-refractivity contribution in [1.82, 2.24) is 4.90 Å². The average Bonchev–Trinajstić information content (AvgIpc) is 2.14. The quantitative estimate of drug-likeness (QED) is 0.710. The first-order chi connectivity index (χ1) is 6.54. The molecule has 0 aliphatic rings. The van der Waals surface area contributed by atoms with E-state index in [-0.39, 0.29) is 18.0 Å². The van der Waals surface area contributed by atoms with Crippen LogP contribution in [0.2, 0.25) is 0 Å². The second-order valence-corrected chi connectivity index (χ2v) is 3.97. The van der Waals surface area contributed by atoms with Gasteiger partial charge in [-0.05, 0) is 27.2 Å². The van der Waals surface area contributed by atoms with E-state index < -0.39 is 0 Å². The van der Waals surface area contributed by atoms with Gasteiger partial charge in [-0.3, -0.25) is 4.79 Å². The van der Waals surface area contributed by atoms with Gasteiger partial charge in [0.05, 0.1) is 6.04 Å². The maximum absolute atomic E-state index is 11.8. The van der Waals surface area contributed by atoms with Crippen LogP contribution in [0.25, 0.3) is 0 Å². The second kappa shape index (κ2) is 6.82. The molecule has 0 aliphatic carbocycles. The first-order valence-electron chi connectivity index (χ1n) is 5.60. The van der Waals surface area contributed by atoms with Crippen LogP contribution in [0.4, 0.5) is 0 Å². The van der Waals surface area contributed by atoms with Gasteiger partial charge in [0.2, 0.25) is 5.91 Å². The lowest BCUT2D eigenvalue weighted by atomic mass is 10.1. The third kappa shape index (κ3) is 4.09. The normalized spacial score (nSPS) is 13.0. The third-order valence-corrected chi connectivity index (χ3v) is 2.43. The number of unbranched alkanes of at least 4 members (excludes halogenated alkanes) is 1. The number of carbonyl (C=O) groups is 1. The van der Waals surface area contributed by atoms with Crippen LogP contribution in [0.3, 0.4) is 0 Å². The summed E-state index contributed by atoms with van der Waals surface area (Å²) in [6, 6.07) is -0.0579. The van der Waals surface area contributed by atoms with Gasteiger partial charge in [-0.25, -0.2) is 0 Å². The van der Waals surface area contributed by atoms with Crippen molar-refractivity contribution in [2.75, 3.05) is 6.54 Å². The standard InChI is InChI=1S/C11H24N2O/c1-5-7-8-10(12)11(14)13(6-2)9(3)4/h9-10H,5-8,12H2,1-4H3. The van der Waals surface area contributed by atoms with Crippen LogP contribution in [0.15, 0.2) is 0 Å². The molecule has 0 saturated carbocycles. The van der Waals surface area contributed by atoms with Crippen LogP contribution in [0, 0.1) is 0 Å². The van der Waals surface area contributed by atoms with Crippen molar-refractivity contribution in [2.24, 2.45) is 5.73 Å². The highest BCUT2D eigenvalue weighted by molar-refractivity contribution is 5.81. The van der Waals surface area contributed by atoms with Gasteiger partial charge < -0.3 is 10.6 Å². The fourth-order valence-electron chi connectivity index (χ4n) is 1.54. The molecular weight excluding hydrogens is 176 g/mol. The summed E-state index contributed by atoms with van der Waals surface area (Å²) in [7, 11) is 0. The number of carbonyl (C=O) groups excluding carboxylic acids is 1. The second-order valence-electron chi connectivity index (χ2n) is 3.97. The summed E-state index contributed by atoms with van der Waals surface area (Å²) < 4.78 is 0. The van der Waals surface area contributed by atoms with E-state index in [4.69, 9.17) is 5.73 Å². The molecule has 0 radical (unpaired) electrons. The van der Waals surface area contributed by atoms with Gasteiger partial charge in [-0.15, -0.1) is 0 Å². The van der Waals surface area contributed by atoms with E-state index in [1.807, 2.05) is 25.7 Å². The van der Waals surface area contributed by atoms with Gasteiger partial charge in [0.1, 0.15) is 0 Å². The zero-order chi connectivity index (χ0) is 11.1. The number of rotatable bonds is 6. The van der Waals surface area contributed by atoms with E-state index in [1.165, 1.54) is 0 Å². The van der Waals surface area contributed by atoms with Gasteiger partial charge in [0.15, 0.2) is 0 Å². The molecule has 0 heterocycles. The van der Waals surface area contributed by atoms with E-state index in [0.717, 1.165) is 25.8 Å². The van der Waals surface area contributed by atoms with E-state index >= 15 is 0 Å². The van der Waals surface area contributed by atoms with Gasteiger partial charge in [-0.1, -0.05) is 19.8 Å². The largest absolute Gasteiger partial charge is 0.339 e. The molecule has 0 aliphatic heterocycles. The third-order valence-electron chi connectivity index (χ3n) is 2.43. The van der Waals surface area contributed by atoms with E-state index in [1.54, 1.807) is 0 Å². The van der Waals surface area contributed by atoms with Crippen molar-refractivity contribution >= 4 is 5.91 Å². The Morgan fingerprint density at radius 1 is 1.36 bits per heavy atom. The molecule has 0 aromatic carbocycles. The minimum atomic E-state index is -0.308. The number of hydrogen-bond donors (Lipinski definition) is 1. The molecule has 0 bridgehead atoms. The Labute approximate surface area is 87.6 Å². The summed E-state index contributed by atoms with van der Waals surface area (Å²) in [4.78, 5) is 13.7. The lowest BCUT2D eigenvalue weighted by molar-refractivity contribution is -0.134. The minimum absolute atomic E-state index is 0.0935. The summed E-state index contributed by atoms with van der Waals surface area (Å²) in [5.74, 6) is 0.0935. The number of nitrogens with zero attached hydrogens (tertiary/aromatic N) is 1.